The largest absolute Gasteiger partial charge is 0.497 e. The van der Waals surface area contributed by atoms with Crippen LogP contribution in [0, 0.1) is 0 Å². The zero-order valence-electron chi connectivity index (χ0n) is 12.7. The minimum absolute atomic E-state index is 0.184. The van der Waals surface area contributed by atoms with Crippen molar-refractivity contribution in [2.45, 2.75) is 0 Å². The van der Waals surface area contributed by atoms with Crippen molar-refractivity contribution in [1.29, 1.82) is 0 Å². The highest BCUT2D eigenvalue weighted by Gasteiger charge is 2.10. The molecule has 116 valence electrons. The van der Waals surface area contributed by atoms with Crippen molar-refractivity contribution in [3.63, 3.8) is 0 Å². The number of nitrogens with one attached hydrogen (secondary N) is 1. The zero-order chi connectivity index (χ0) is 15.8. The Bertz CT molecular complexity index is 610. The molecule has 0 spiro atoms. The van der Waals surface area contributed by atoms with Gasteiger partial charge in [0, 0.05) is 0 Å². The summed E-state index contributed by atoms with van der Waals surface area (Å²) in [5, 5.41) is 2.80. The number of para-hydroxylation sites is 1. The van der Waals surface area contributed by atoms with Crippen LogP contribution >= 0.6 is 0 Å². The van der Waals surface area contributed by atoms with Gasteiger partial charge in [-0.15, -0.1) is 0 Å². The first-order valence-corrected chi connectivity index (χ1v) is 6.92. The van der Waals surface area contributed by atoms with Gasteiger partial charge in [-0.3, -0.25) is 4.79 Å². The Hall–Kier alpha value is -2.69. The molecular formula is C17H19NO4. The van der Waals surface area contributed by atoms with Gasteiger partial charge in [0.05, 0.1) is 26.3 Å². The van der Waals surface area contributed by atoms with Crippen LogP contribution in [0.2, 0.25) is 0 Å². The first kappa shape index (κ1) is 15.7. The van der Waals surface area contributed by atoms with Gasteiger partial charge in [-0.2, -0.15) is 0 Å². The van der Waals surface area contributed by atoms with Gasteiger partial charge in [0.25, 0.3) is 5.91 Å². The van der Waals surface area contributed by atoms with E-state index in [4.69, 9.17) is 14.2 Å². The van der Waals surface area contributed by atoms with E-state index >= 15 is 0 Å². The summed E-state index contributed by atoms with van der Waals surface area (Å²) in [6.07, 6.45) is 0. The average molecular weight is 301 g/mol. The highest BCUT2D eigenvalue weighted by molar-refractivity contribution is 5.96. The third kappa shape index (κ3) is 4.15. The monoisotopic (exact) mass is 301 g/mol. The van der Waals surface area contributed by atoms with Crippen molar-refractivity contribution in [3.05, 3.63) is 54.1 Å². The van der Waals surface area contributed by atoms with Crippen LogP contribution in [0.1, 0.15) is 10.4 Å². The van der Waals surface area contributed by atoms with Crippen LogP contribution < -0.4 is 19.5 Å². The van der Waals surface area contributed by atoms with E-state index in [2.05, 4.69) is 5.32 Å². The van der Waals surface area contributed by atoms with Crippen LogP contribution in [0.25, 0.3) is 0 Å². The number of carbonyl (C=O) groups excluding carboxylic acids is 1. The molecule has 1 N–H and O–H groups in total. The molecule has 0 aliphatic rings. The molecule has 0 saturated heterocycles. The molecule has 0 atom stereocenters. The lowest BCUT2D eigenvalue weighted by molar-refractivity contribution is 0.0944. The van der Waals surface area contributed by atoms with Gasteiger partial charge < -0.3 is 19.5 Å². The molecule has 5 heteroatoms. The quantitative estimate of drug-likeness (QED) is 0.798. The van der Waals surface area contributed by atoms with Crippen LogP contribution in [-0.4, -0.2) is 33.3 Å². The van der Waals surface area contributed by atoms with Crippen molar-refractivity contribution in [3.8, 4) is 17.2 Å². The summed E-state index contributed by atoms with van der Waals surface area (Å²) in [4.78, 5) is 12.1. The summed E-state index contributed by atoms with van der Waals surface area (Å²) in [5.41, 5.74) is 0.509. The summed E-state index contributed by atoms with van der Waals surface area (Å²) >= 11 is 0. The highest BCUT2D eigenvalue weighted by Crippen LogP contribution is 2.17. The summed E-state index contributed by atoms with van der Waals surface area (Å²) in [7, 11) is 3.15. The summed E-state index contributed by atoms with van der Waals surface area (Å²) in [6.45, 7) is 0.788. The zero-order valence-corrected chi connectivity index (χ0v) is 12.7. The molecule has 5 nitrogen and oxygen atoms in total. The van der Waals surface area contributed by atoms with Crippen LogP contribution in [0.5, 0.6) is 17.2 Å². The second-order valence-corrected chi connectivity index (χ2v) is 4.48. The SMILES string of the molecule is COc1ccc(OCCNC(=O)c2ccccc2OC)cc1. The molecule has 2 aromatic carbocycles. The topological polar surface area (TPSA) is 56.8 Å². The van der Waals surface area contributed by atoms with Crippen LogP contribution in [0.15, 0.2) is 48.5 Å². The maximum atomic E-state index is 12.1. The number of methoxy groups -OCH3 is 2. The lowest BCUT2D eigenvalue weighted by Gasteiger charge is -2.10. The number of hydrogen-bond donors (Lipinski definition) is 1. The van der Waals surface area contributed by atoms with Crippen molar-refractivity contribution in [2.24, 2.45) is 0 Å². The lowest BCUT2D eigenvalue weighted by atomic mass is 10.2. The Morgan fingerprint density at radius 2 is 1.64 bits per heavy atom. The van der Waals surface area contributed by atoms with Gasteiger partial charge in [-0.25, -0.2) is 0 Å². The van der Waals surface area contributed by atoms with E-state index in [0.29, 0.717) is 24.5 Å². The minimum atomic E-state index is -0.184. The van der Waals surface area contributed by atoms with Crippen LogP contribution in [0.4, 0.5) is 0 Å². The fraction of sp³-hybridized carbons (Fsp3) is 0.235. The van der Waals surface area contributed by atoms with E-state index in [0.717, 1.165) is 11.5 Å². The molecule has 1 amide bonds. The standard InChI is InChI=1S/C17H19NO4/c1-20-13-7-9-14(10-8-13)22-12-11-18-17(19)15-5-3-4-6-16(15)21-2/h3-10H,11-12H2,1-2H3,(H,18,19). The lowest BCUT2D eigenvalue weighted by Crippen LogP contribution is -2.28. The smallest absolute Gasteiger partial charge is 0.255 e. The maximum absolute atomic E-state index is 12.1. The number of carbonyl (C=O) groups is 1. The van der Waals surface area contributed by atoms with Crippen molar-refractivity contribution in [2.75, 3.05) is 27.4 Å². The minimum Gasteiger partial charge on any atom is -0.497 e. The second kappa shape index (κ2) is 7.93. The first-order valence-electron chi connectivity index (χ1n) is 6.92. The van der Waals surface area contributed by atoms with Gasteiger partial charge in [-0.05, 0) is 36.4 Å². The molecule has 0 saturated carbocycles. The molecule has 0 fully saturated rings. The highest BCUT2D eigenvalue weighted by atomic mass is 16.5. The second-order valence-electron chi connectivity index (χ2n) is 4.48. The number of rotatable bonds is 7. The van der Waals surface area contributed by atoms with Gasteiger partial charge in [0.15, 0.2) is 0 Å². The van der Waals surface area contributed by atoms with Crippen LogP contribution in [0.3, 0.4) is 0 Å². The van der Waals surface area contributed by atoms with E-state index in [1.54, 1.807) is 32.4 Å². The van der Waals surface area contributed by atoms with Gasteiger partial charge in [-0.1, -0.05) is 12.1 Å². The molecule has 0 aliphatic carbocycles. The van der Waals surface area contributed by atoms with Crippen molar-refractivity contribution < 1.29 is 19.0 Å². The van der Waals surface area contributed by atoms with E-state index < -0.39 is 0 Å². The number of hydrogen-bond acceptors (Lipinski definition) is 4. The predicted molar refractivity (Wildman–Crippen MR) is 83.8 cm³/mol. The molecule has 0 heterocycles. The molecule has 0 radical (unpaired) electrons. The first-order chi connectivity index (χ1) is 10.7. The number of benzene rings is 2. The van der Waals surface area contributed by atoms with E-state index in [1.165, 1.54) is 0 Å². The van der Waals surface area contributed by atoms with E-state index in [-0.39, 0.29) is 5.91 Å². The Morgan fingerprint density at radius 1 is 0.955 bits per heavy atom. The molecule has 0 unspecified atom stereocenters. The Morgan fingerprint density at radius 3 is 2.32 bits per heavy atom. The molecule has 0 bridgehead atoms. The summed E-state index contributed by atoms with van der Waals surface area (Å²) in [5.74, 6) is 1.87. The van der Waals surface area contributed by atoms with Crippen molar-refractivity contribution >= 4 is 5.91 Å². The molecule has 0 aliphatic heterocycles. The van der Waals surface area contributed by atoms with E-state index in [1.807, 2.05) is 30.3 Å². The van der Waals surface area contributed by atoms with Gasteiger partial charge in [0.1, 0.15) is 23.9 Å². The molecular weight excluding hydrogens is 282 g/mol. The Balaban J connectivity index is 1.79. The Labute approximate surface area is 129 Å². The summed E-state index contributed by atoms with van der Waals surface area (Å²) in [6, 6.07) is 14.4. The summed E-state index contributed by atoms with van der Waals surface area (Å²) < 4.78 is 15.8. The number of amides is 1. The fourth-order valence-electron chi connectivity index (χ4n) is 1.93. The molecule has 2 rings (SSSR count). The maximum Gasteiger partial charge on any atom is 0.255 e. The Kier molecular flexibility index (Phi) is 5.65. The third-order valence-corrected chi connectivity index (χ3v) is 3.07. The van der Waals surface area contributed by atoms with E-state index in [9.17, 15) is 4.79 Å². The third-order valence-electron chi connectivity index (χ3n) is 3.07. The molecule has 22 heavy (non-hydrogen) atoms. The average Bonchev–Trinajstić information content (AvgIpc) is 2.59. The van der Waals surface area contributed by atoms with Crippen molar-refractivity contribution in [1.82, 2.24) is 5.32 Å². The van der Waals surface area contributed by atoms with Gasteiger partial charge in [0.2, 0.25) is 0 Å². The van der Waals surface area contributed by atoms with Crippen LogP contribution in [-0.2, 0) is 0 Å². The molecule has 2 aromatic rings. The molecule has 0 aromatic heterocycles. The normalized spacial score (nSPS) is 9.91. The number of ether oxygens (including phenoxy) is 3. The van der Waals surface area contributed by atoms with Gasteiger partial charge >= 0.3 is 0 Å². The predicted octanol–water partition coefficient (Wildman–Crippen LogP) is 2.51. The fourth-order valence-corrected chi connectivity index (χ4v) is 1.93.